The molecule has 0 amide bonds. The van der Waals surface area contributed by atoms with Crippen LogP contribution in [0.3, 0.4) is 0 Å². The van der Waals surface area contributed by atoms with E-state index in [0.717, 1.165) is 0 Å². The molecular weight excluding hydrogens is 160 g/mol. The molecule has 0 N–H and O–H groups in total. The molecule has 0 aromatic heterocycles. The number of allylic oxidation sites excluding steroid dienone is 4. The van der Waals surface area contributed by atoms with Gasteiger partial charge in [0.2, 0.25) is 0 Å². The predicted molar refractivity (Wildman–Crippen MR) is 40.2 cm³/mol. The van der Waals surface area contributed by atoms with Crippen LogP contribution in [-0.4, -0.2) is 25.8 Å². The zero-order chi connectivity index (χ0) is 9.14. The van der Waals surface area contributed by atoms with Crippen LogP contribution in [0.1, 0.15) is 0 Å². The number of carbonyl (C=O) groups excluding carboxylic acids is 2. The maximum atomic E-state index is 11.1. The molecule has 0 heterocycles. The third-order valence-corrected chi connectivity index (χ3v) is 1.48. The topological polar surface area (TPSA) is 52.6 Å². The van der Waals surface area contributed by atoms with Crippen LogP contribution < -0.4 is 0 Å². The molecule has 0 atom stereocenters. The molecule has 64 valence electrons. The molecule has 1 rings (SSSR count). The zero-order valence-electron chi connectivity index (χ0n) is 6.79. The summed E-state index contributed by atoms with van der Waals surface area (Å²) in [5.74, 6) is -1.25. The summed E-state index contributed by atoms with van der Waals surface area (Å²) >= 11 is 0. The summed E-state index contributed by atoms with van der Waals surface area (Å²) in [6.45, 7) is 0. The van der Waals surface area contributed by atoms with Gasteiger partial charge in [0, 0.05) is 0 Å². The number of ketones is 2. The van der Waals surface area contributed by atoms with E-state index in [9.17, 15) is 9.59 Å². The molecule has 0 saturated heterocycles. The molecule has 1 aliphatic carbocycles. The predicted octanol–water partition coefficient (Wildman–Crippen LogP) is 0.199. The van der Waals surface area contributed by atoms with Crippen LogP contribution in [0.5, 0.6) is 0 Å². The fourth-order valence-electron chi connectivity index (χ4n) is 0.848. The Hall–Kier alpha value is -1.58. The van der Waals surface area contributed by atoms with E-state index < -0.39 is 11.6 Å². The Balaban J connectivity index is 3.00. The van der Waals surface area contributed by atoms with Gasteiger partial charge in [-0.25, -0.2) is 0 Å². The van der Waals surface area contributed by atoms with Crippen LogP contribution in [0.2, 0.25) is 0 Å². The summed E-state index contributed by atoms with van der Waals surface area (Å²) < 4.78 is 9.31. The quantitative estimate of drug-likeness (QED) is 0.436. The third kappa shape index (κ3) is 1.23. The molecule has 0 spiro atoms. The number of carbonyl (C=O) groups is 2. The van der Waals surface area contributed by atoms with E-state index in [1.165, 1.54) is 26.4 Å². The zero-order valence-corrected chi connectivity index (χ0v) is 6.79. The Morgan fingerprint density at radius 3 is 1.50 bits per heavy atom. The maximum absolute atomic E-state index is 11.1. The first kappa shape index (κ1) is 8.52. The number of hydrogen-bond donors (Lipinski definition) is 0. The van der Waals surface area contributed by atoms with Gasteiger partial charge in [0.25, 0.3) is 11.6 Å². The fourth-order valence-corrected chi connectivity index (χ4v) is 0.848. The summed E-state index contributed by atoms with van der Waals surface area (Å²) in [4.78, 5) is 22.1. The van der Waals surface area contributed by atoms with Crippen molar-refractivity contribution >= 4 is 11.6 Å². The minimum atomic E-state index is -0.670. The van der Waals surface area contributed by atoms with Crippen LogP contribution >= 0.6 is 0 Å². The van der Waals surface area contributed by atoms with Crippen LogP contribution in [0.25, 0.3) is 0 Å². The lowest BCUT2D eigenvalue weighted by atomic mass is 10.1. The van der Waals surface area contributed by atoms with E-state index in [0.29, 0.717) is 0 Å². The number of Topliss-reactive ketones (excluding diaryl/α,β-unsaturated/α-hetero) is 2. The molecule has 0 aliphatic heterocycles. The Bertz CT molecular complexity index is 255. The van der Waals surface area contributed by atoms with Crippen molar-refractivity contribution in [2.24, 2.45) is 0 Å². The Labute approximate surface area is 69.5 Å². The first-order valence-electron chi connectivity index (χ1n) is 3.29. The summed E-state index contributed by atoms with van der Waals surface area (Å²) in [5, 5.41) is 0. The van der Waals surface area contributed by atoms with Crippen molar-refractivity contribution in [3.63, 3.8) is 0 Å². The molecule has 0 unspecified atom stereocenters. The Morgan fingerprint density at radius 1 is 0.917 bits per heavy atom. The molecule has 0 radical (unpaired) electrons. The molecule has 0 aromatic carbocycles. The van der Waals surface area contributed by atoms with Gasteiger partial charge in [0.15, 0.2) is 11.5 Å². The molecular formula is C8H8O4. The van der Waals surface area contributed by atoms with Crippen molar-refractivity contribution < 1.29 is 19.1 Å². The largest absolute Gasteiger partial charge is 0.493 e. The summed E-state index contributed by atoms with van der Waals surface area (Å²) in [6.07, 6.45) is 2.81. The second kappa shape index (κ2) is 3.21. The monoisotopic (exact) mass is 168 g/mol. The van der Waals surface area contributed by atoms with Gasteiger partial charge in [-0.3, -0.25) is 9.59 Å². The van der Waals surface area contributed by atoms with Gasteiger partial charge in [0.1, 0.15) is 0 Å². The highest BCUT2D eigenvalue weighted by molar-refractivity contribution is 6.48. The lowest BCUT2D eigenvalue weighted by Gasteiger charge is -2.09. The highest BCUT2D eigenvalue weighted by atomic mass is 16.5. The van der Waals surface area contributed by atoms with Crippen molar-refractivity contribution in [3.05, 3.63) is 23.7 Å². The average Bonchev–Trinajstić information content (AvgIpc) is 2.10. The SMILES string of the molecule is COC1=CC=C(OC)C(=O)C1=O. The van der Waals surface area contributed by atoms with Gasteiger partial charge in [-0.1, -0.05) is 0 Å². The lowest BCUT2D eigenvalue weighted by molar-refractivity contribution is -0.135. The maximum Gasteiger partial charge on any atom is 0.271 e. The molecule has 0 bridgehead atoms. The second-order valence-electron chi connectivity index (χ2n) is 2.13. The van der Waals surface area contributed by atoms with E-state index in [4.69, 9.17) is 0 Å². The van der Waals surface area contributed by atoms with Gasteiger partial charge < -0.3 is 9.47 Å². The smallest absolute Gasteiger partial charge is 0.271 e. The lowest BCUT2D eigenvalue weighted by Crippen LogP contribution is -2.22. The first-order valence-corrected chi connectivity index (χ1v) is 3.29. The van der Waals surface area contributed by atoms with Gasteiger partial charge >= 0.3 is 0 Å². The number of methoxy groups -OCH3 is 2. The number of hydrogen-bond acceptors (Lipinski definition) is 4. The number of ether oxygens (including phenoxy) is 2. The van der Waals surface area contributed by atoms with Crippen molar-refractivity contribution in [1.29, 1.82) is 0 Å². The molecule has 4 heteroatoms. The standard InChI is InChI=1S/C8H8O4/c1-11-5-3-4-6(12-2)8(10)7(5)9/h3-4H,1-2H3. The van der Waals surface area contributed by atoms with Crippen LogP contribution in [-0.2, 0) is 19.1 Å². The normalized spacial score (nSPS) is 16.8. The summed E-state index contributed by atoms with van der Waals surface area (Å²) in [5.41, 5.74) is 0. The summed E-state index contributed by atoms with van der Waals surface area (Å²) in [7, 11) is 2.67. The first-order chi connectivity index (χ1) is 5.70. The molecule has 1 aliphatic rings. The molecule has 0 saturated carbocycles. The van der Waals surface area contributed by atoms with E-state index in [-0.39, 0.29) is 11.5 Å². The minimum absolute atomic E-state index is 0.0424. The fraction of sp³-hybridized carbons (Fsp3) is 0.250. The van der Waals surface area contributed by atoms with Crippen molar-refractivity contribution in [2.75, 3.05) is 14.2 Å². The summed E-state index contributed by atoms with van der Waals surface area (Å²) in [6, 6.07) is 0. The van der Waals surface area contributed by atoms with Crippen LogP contribution in [0, 0.1) is 0 Å². The number of rotatable bonds is 2. The molecule has 12 heavy (non-hydrogen) atoms. The van der Waals surface area contributed by atoms with Crippen LogP contribution in [0.4, 0.5) is 0 Å². The molecule has 4 nitrogen and oxygen atoms in total. The second-order valence-corrected chi connectivity index (χ2v) is 2.13. The third-order valence-electron chi connectivity index (χ3n) is 1.48. The van der Waals surface area contributed by atoms with E-state index >= 15 is 0 Å². The van der Waals surface area contributed by atoms with Crippen molar-refractivity contribution in [3.8, 4) is 0 Å². The Kier molecular flexibility index (Phi) is 2.28. The van der Waals surface area contributed by atoms with E-state index in [1.807, 2.05) is 0 Å². The molecule has 0 aromatic rings. The average molecular weight is 168 g/mol. The van der Waals surface area contributed by atoms with Gasteiger partial charge in [0.05, 0.1) is 14.2 Å². The van der Waals surface area contributed by atoms with Gasteiger partial charge in [-0.15, -0.1) is 0 Å². The van der Waals surface area contributed by atoms with E-state index in [1.54, 1.807) is 0 Å². The van der Waals surface area contributed by atoms with Crippen molar-refractivity contribution in [1.82, 2.24) is 0 Å². The van der Waals surface area contributed by atoms with Crippen molar-refractivity contribution in [2.45, 2.75) is 0 Å². The Morgan fingerprint density at radius 2 is 1.25 bits per heavy atom. The highest BCUT2D eigenvalue weighted by Gasteiger charge is 2.27. The molecule has 0 fully saturated rings. The van der Waals surface area contributed by atoms with E-state index in [2.05, 4.69) is 9.47 Å². The van der Waals surface area contributed by atoms with Gasteiger partial charge in [-0.2, -0.15) is 0 Å². The van der Waals surface area contributed by atoms with Crippen LogP contribution in [0.15, 0.2) is 23.7 Å². The highest BCUT2D eigenvalue weighted by Crippen LogP contribution is 2.12. The van der Waals surface area contributed by atoms with Gasteiger partial charge in [-0.05, 0) is 12.2 Å². The minimum Gasteiger partial charge on any atom is -0.493 e.